The first-order chi connectivity index (χ1) is 14.7. The summed E-state index contributed by atoms with van der Waals surface area (Å²) in [5.74, 6) is 0.739. The summed E-state index contributed by atoms with van der Waals surface area (Å²) < 4.78 is 0. The van der Waals surface area contributed by atoms with E-state index in [9.17, 15) is 0 Å². The number of rotatable bonds is 8. The molecule has 0 bridgehead atoms. The second-order valence-electron chi connectivity index (χ2n) is 6.65. The summed E-state index contributed by atoms with van der Waals surface area (Å²) >= 11 is 5.58. The van der Waals surface area contributed by atoms with Crippen LogP contribution in [-0.4, -0.2) is 28.2 Å². The molecule has 0 radical (unpaired) electrons. The molecule has 0 amide bonds. The smallest absolute Gasteiger partial charge is 0.175 e. The highest BCUT2D eigenvalue weighted by Gasteiger charge is 2.14. The van der Waals surface area contributed by atoms with Gasteiger partial charge in [-0.2, -0.15) is 5.26 Å². The lowest BCUT2D eigenvalue weighted by atomic mass is 10.0. The molecule has 3 rings (SSSR count). The Kier molecular flexibility index (Phi) is 7.70. The number of anilines is 3. The van der Waals surface area contributed by atoms with Crippen molar-refractivity contribution in [1.29, 1.82) is 5.26 Å². The summed E-state index contributed by atoms with van der Waals surface area (Å²) in [5, 5.41) is 15.9. The molecule has 2 aromatic carbocycles. The highest BCUT2D eigenvalue weighted by Crippen LogP contribution is 2.28. The van der Waals surface area contributed by atoms with Gasteiger partial charge in [0.25, 0.3) is 0 Å². The zero-order chi connectivity index (χ0) is 21.2. The standard InChI is InChI=1S/C23H24N6S/c1-2-14-29(15-8-13-24)22-21(16-25-17-26-22)28-23(30)27-20-12-7-6-11-19(20)18-9-4-3-5-10-18/h3-7,9-12,16-17H,2,8,14-15H2,1H3,(H2,27,28,30). The number of thiocarbonyl (C=S) groups is 1. The number of nitrogens with one attached hydrogen (secondary N) is 2. The van der Waals surface area contributed by atoms with E-state index < -0.39 is 0 Å². The summed E-state index contributed by atoms with van der Waals surface area (Å²) in [4.78, 5) is 10.6. The lowest BCUT2D eigenvalue weighted by Crippen LogP contribution is -2.28. The van der Waals surface area contributed by atoms with E-state index in [1.54, 1.807) is 6.20 Å². The van der Waals surface area contributed by atoms with Crippen LogP contribution in [0, 0.1) is 11.3 Å². The number of hydrogen-bond acceptors (Lipinski definition) is 5. The predicted molar refractivity (Wildman–Crippen MR) is 126 cm³/mol. The van der Waals surface area contributed by atoms with Gasteiger partial charge < -0.3 is 15.5 Å². The number of nitriles is 1. The van der Waals surface area contributed by atoms with E-state index in [-0.39, 0.29) is 0 Å². The van der Waals surface area contributed by atoms with E-state index in [1.807, 2.05) is 36.4 Å². The van der Waals surface area contributed by atoms with Gasteiger partial charge in [-0.25, -0.2) is 9.97 Å². The molecule has 0 aliphatic carbocycles. The van der Waals surface area contributed by atoms with Crippen molar-refractivity contribution in [2.24, 2.45) is 0 Å². The van der Waals surface area contributed by atoms with Crippen molar-refractivity contribution in [3.8, 4) is 17.2 Å². The maximum absolute atomic E-state index is 8.97. The van der Waals surface area contributed by atoms with Gasteiger partial charge in [0.05, 0.1) is 18.7 Å². The largest absolute Gasteiger partial charge is 0.354 e. The van der Waals surface area contributed by atoms with Gasteiger partial charge in [0.2, 0.25) is 0 Å². The zero-order valence-electron chi connectivity index (χ0n) is 16.9. The van der Waals surface area contributed by atoms with E-state index in [0.717, 1.165) is 35.6 Å². The molecule has 0 fully saturated rings. The number of nitrogens with zero attached hydrogens (tertiary/aromatic N) is 4. The van der Waals surface area contributed by atoms with Crippen LogP contribution in [-0.2, 0) is 0 Å². The Bertz CT molecular complexity index is 1020. The van der Waals surface area contributed by atoms with E-state index in [1.165, 1.54) is 6.33 Å². The molecule has 0 saturated heterocycles. The van der Waals surface area contributed by atoms with Crippen molar-refractivity contribution in [2.45, 2.75) is 19.8 Å². The van der Waals surface area contributed by atoms with Crippen LogP contribution in [0.5, 0.6) is 0 Å². The fourth-order valence-corrected chi connectivity index (χ4v) is 3.40. The van der Waals surface area contributed by atoms with Gasteiger partial charge in [0.15, 0.2) is 10.9 Å². The van der Waals surface area contributed by atoms with E-state index >= 15 is 0 Å². The zero-order valence-corrected chi connectivity index (χ0v) is 17.7. The Hall–Kier alpha value is -3.50. The van der Waals surface area contributed by atoms with Crippen molar-refractivity contribution < 1.29 is 0 Å². The average Bonchev–Trinajstić information content (AvgIpc) is 2.78. The second-order valence-corrected chi connectivity index (χ2v) is 7.05. The Balaban J connectivity index is 1.79. The SMILES string of the molecule is CCCN(CCC#N)c1ncncc1NC(=S)Nc1ccccc1-c1ccccc1. The molecular weight excluding hydrogens is 392 g/mol. The van der Waals surface area contributed by atoms with E-state index in [2.05, 4.69) is 56.7 Å². The molecule has 3 aromatic rings. The van der Waals surface area contributed by atoms with Crippen LogP contribution in [0.1, 0.15) is 19.8 Å². The van der Waals surface area contributed by atoms with Gasteiger partial charge in [-0.15, -0.1) is 0 Å². The number of para-hydroxylation sites is 1. The Morgan fingerprint density at radius 1 is 1.03 bits per heavy atom. The molecule has 1 heterocycles. The molecule has 6 nitrogen and oxygen atoms in total. The second kappa shape index (κ2) is 10.9. The minimum absolute atomic E-state index is 0.427. The molecule has 0 unspecified atom stereocenters. The highest BCUT2D eigenvalue weighted by atomic mass is 32.1. The summed E-state index contributed by atoms with van der Waals surface area (Å²) in [6.07, 6.45) is 4.59. The summed E-state index contributed by atoms with van der Waals surface area (Å²) in [6.45, 7) is 3.50. The minimum Gasteiger partial charge on any atom is -0.354 e. The van der Waals surface area contributed by atoms with Crippen molar-refractivity contribution in [3.05, 3.63) is 67.1 Å². The predicted octanol–water partition coefficient (Wildman–Crippen LogP) is 5.08. The number of hydrogen-bond donors (Lipinski definition) is 2. The molecule has 152 valence electrons. The molecule has 0 saturated carbocycles. The quantitative estimate of drug-likeness (QED) is 0.496. The van der Waals surface area contributed by atoms with Crippen molar-refractivity contribution in [1.82, 2.24) is 9.97 Å². The van der Waals surface area contributed by atoms with Crippen LogP contribution in [0.25, 0.3) is 11.1 Å². The average molecular weight is 417 g/mol. The number of aromatic nitrogens is 2. The lowest BCUT2D eigenvalue weighted by Gasteiger charge is -2.24. The molecule has 0 atom stereocenters. The highest BCUT2D eigenvalue weighted by molar-refractivity contribution is 7.80. The normalized spacial score (nSPS) is 10.1. The Morgan fingerprint density at radius 3 is 2.53 bits per heavy atom. The molecule has 0 spiro atoms. The summed E-state index contributed by atoms with van der Waals surface area (Å²) in [7, 11) is 0. The van der Waals surface area contributed by atoms with Crippen LogP contribution in [0.3, 0.4) is 0 Å². The first kappa shape index (κ1) is 21.2. The van der Waals surface area contributed by atoms with Crippen LogP contribution in [0.2, 0.25) is 0 Å². The third-order valence-corrected chi connectivity index (χ3v) is 4.69. The third kappa shape index (κ3) is 5.52. The monoisotopic (exact) mass is 416 g/mol. The molecule has 7 heteroatoms. The molecule has 0 aliphatic heterocycles. The third-order valence-electron chi connectivity index (χ3n) is 4.49. The summed E-state index contributed by atoms with van der Waals surface area (Å²) in [6, 6.07) is 20.4. The van der Waals surface area contributed by atoms with Gasteiger partial charge in [-0.3, -0.25) is 0 Å². The molecular formula is C23H24N6S. The van der Waals surface area contributed by atoms with Crippen LogP contribution >= 0.6 is 12.2 Å². The Morgan fingerprint density at radius 2 is 1.77 bits per heavy atom. The van der Waals surface area contributed by atoms with Gasteiger partial charge in [0, 0.05) is 24.3 Å². The lowest BCUT2D eigenvalue weighted by molar-refractivity contribution is 0.755. The van der Waals surface area contributed by atoms with Crippen molar-refractivity contribution in [3.63, 3.8) is 0 Å². The number of benzene rings is 2. The molecule has 30 heavy (non-hydrogen) atoms. The van der Waals surface area contributed by atoms with Crippen molar-refractivity contribution >= 4 is 34.5 Å². The van der Waals surface area contributed by atoms with Gasteiger partial charge >= 0.3 is 0 Å². The maximum Gasteiger partial charge on any atom is 0.175 e. The van der Waals surface area contributed by atoms with Crippen LogP contribution in [0.4, 0.5) is 17.2 Å². The van der Waals surface area contributed by atoms with Gasteiger partial charge in [-0.05, 0) is 30.3 Å². The minimum atomic E-state index is 0.427. The topological polar surface area (TPSA) is 76.9 Å². The van der Waals surface area contributed by atoms with Crippen LogP contribution < -0.4 is 15.5 Å². The molecule has 0 aliphatic rings. The van der Waals surface area contributed by atoms with E-state index in [4.69, 9.17) is 17.5 Å². The first-order valence-corrected chi connectivity index (χ1v) is 10.3. The molecule has 2 N–H and O–H groups in total. The maximum atomic E-state index is 8.97. The summed E-state index contributed by atoms with van der Waals surface area (Å²) in [5.41, 5.74) is 3.79. The van der Waals surface area contributed by atoms with Crippen LogP contribution in [0.15, 0.2) is 67.1 Å². The fourth-order valence-electron chi connectivity index (χ4n) is 3.18. The van der Waals surface area contributed by atoms with E-state index in [0.29, 0.717) is 23.8 Å². The van der Waals surface area contributed by atoms with Gasteiger partial charge in [-0.1, -0.05) is 55.5 Å². The molecule has 1 aromatic heterocycles. The first-order valence-electron chi connectivity index (χ1n) is 9.87. The van der Waals surface area contributed by atoms with Crippen molar-refractivity contribution in [2.75, 3.05) is 28.6 Å². The fraction of sp³-hybridized carbons (Fsp3) is 0.217. The Labute approximate surface area is 182 Å². The van der Waals surface area contributed by atoms with Gasteiger partial charge in [0.1, 0.15) is 12.0 Å².